The summed E-state index contributed by atoms with van der Waals surface area (Å²) in [4.78, 5) is 36.9. The van der Waals surface area contributed by atoms with Gasteiger partial charge in [0.15, 0.2) is 0 Å². The summed E-state index contributed by atoms with van der Waals surface area (Å²) in [5.74, 6) is 1.21. The Bertz CT molecular complexity index is 716. The molecule has 0 aliphatic carbocycles. The topological polar surface area (TPSA) is 112 Å². The monoisotopic (exact) mass is 349 g/mol. The average Bonchev–Trinajstić information content (AvgIpc) is 2.61. The molecule has 2 aromatic heterocycles. The van der Waals surface area contributed by atoms with Gasteiger partial charge in [0.25, 0.3) is 0 Å². The molecule has 128 valence electrons. The third-order valence-electron chi connectivity index (χ3n) is 4.26. The molecule has 0 aromatic carbocycles. The minimum atomic E-state index is -3.89. The summed E-state index contributed by atoms with van der Waals surface area (Å²) < 4.78 is 11.0. The molecule has 8 nitrogen and oxygen atoms in total. The summed E-state index contributed by atoms with van der Waals surface area (Å²) in [5, 5.41) is 0. The third kappa shape index (κ3) is 4.56. The lowest BCUT2D eigenvalue weighted by atomic mass is 9.94. The summed E-state index contributed by atoms with van der Waals surface area (Å²) in [5.41, 5.74) is 1.51. The van der Waals surface area contributed by atoms with Gasteiger partial charge in [-0.1, -0.05) is 0 Å². The van der Waals surface area contributed by atoms with Crippen LogP contribution in [0.15, 0.2) is 31.0 Å². The number of piperidine rings is 1. The fourth-order valence-electron chi connectivity index (χ4n) is 2.90. The summed E-state index contributed by atoms with van der Waals surface area (Å²) in [7, 11) is -3.89. The molecule has 0 amide bonds. The molecule has 1 saturated heterocycles. The van der Waals surface area contributed by atoms with Gasteiger partial charge in [0.2, 0.25) is 0 Å². The van der Waals surface area contributed by atoms with Crippen molar-refractivity contribution in [2.24, 2.45) is 5.92 Å². The Morgan fingerprint density at radius 1 is 1.12 bits per heavy atom. The SMILES string of the molecule is O=P(O)(O)CCC1CCN(c2cc(-c3ccncn3)ncn2)CC1. The number of nitrogens with zero attached hydrogens (tertiary/aromatic N) is 5. The average molecular weight is 349 g/mol. The summed E-state index contributed by atoms with van der Waals surface area (Å²) in [6.45, 7) is 1.65. The van der Waals surface area contributed by atoms with Crippen LogP contribution in [0.5, 0.6) is 0 Å². The van der Waals surface area contributed by atoms with Crippen LogP contribution in [0.3, 0.4) is 0 Å². The van der Waals surface area contributed by atoms with Gasteiger partial charge in [-0.25, -0.2) is 19.9 Å². The van der Waals surface area contributed by atoms with Crippen LogP contribution in [0.4, 0.5) is 5.82 Å². The first-order chi connectivity index (χ1) is 11.5. The van der Waals surface area contributed by atoms with Crippen molar-refractivity contribution in [2.45, 2.75) is 19.3 Å². The zero-order chi connectivity index (χ0) is 17.0. The van der Waals surface area contributed by atoms with Crippen molar-refractivity contribution in [1.29, 1.82) is 0 Å². The molecule has 1 aliphatic rings. The van der Waals surface area contributed by atoms with Gasteiger partial charge in [0.1, 0.15) is 18.5 Å². The van der Waals surface area contributed by atoms with Crippen LogP contribution in [-0.2, 0) is 4.57 Å². The molecule has 2 aromatic rings. The molecule has 24 heavy (non-hydrogen) atoms. The van der Waals surface area contributed by atoms with Gasteiger partial charge in [-0.05, 0) is 31.2 Å². The number of rotatable bonds is 5. The van der Waals surface area contributed by atoms with Gasteiger partial charge in [-0.2, -0.15) is 0 Å². The lowest BCUT2D eigenvalue weighted by Crippen LogP contribution is -2.34. The molecule has 0 bridgehead atoms. The van der Waals surface area contributed by atoms with E-state index in [2.05, 4.69) is 24.8 Å². The summed E-state index contributed by atoms with van der Waals surface area (Å²) in [6, 6.07) is 3.72. The standard InChI is InChI=1S/C15H20N5O3P/c21-24(22,23)8-4-12-2-6-20(7-3-12)15-9-14(18-11-19-15)13-1-5-16-10-17-13/h1,5,9-12H,2-4,6-8H2,(H2,21,22,23). The maximum Gasteiger partial charge on any atom is 0.325 e. The predicted molar refractivity (Wildman–Crippen MR) is 89.5 cm³/mol. The van der Waals surface area contributed by atoms with E-state index in [1.54, 1.807) is 12.3 Å². The van der Waals surface area contributed by atoms with Crippen molar-refractivity contribution in [1.82, 2.24) is 19.9 Å². The van der Waals surface area contributed by atoms with E-state index in [4.69, 9.17) is 9.79 Å². The maximum absolute atomic E-state index is 11.0. The first-order valence-electron chi connectivity index (χ1n) is 7.89. The minimum absolute atomic E-state index is 0.0248. The first kappa shape index (κ1) is 17.0. The van der Waals surface area contributed by atoms with Crippen LogP contribution in [0.1, 0.15) is 19.3 Å². The van der Waals surface area contributed by atoms with Crippen LogP contribution in [-0.4, -0.2) is 49.0 Å². The minimum Gasteiger partial charge on any atom is -0.356 e. The highest BCUT2D eigenvalue weighted by atomic mass is 31.2. The molecule has 0 atom stereocenters. The molecular formula is C15H20N5O3P. The van der Waals surface area contributed by atoms with E-state index in [1.807, 2.05) is 6.07 Å². The molecule has 1 aliphatic heterocycles. The smallest absolute Gasteiger partial charge is 0.325 e. The molecule has 0 saturated carbocycles. The van der Waals surface area contributed by atoms with E-state index in [-0.39, 0.29) is 6.16 Å². The van der Waals surface area contributed by atoms with Crippen molar-refractivity contribution in [2.75, 3.05) is 24.2 Å². The highest BCUT2D eigenvalue weighted by Gasteiger charge is 2.23. The summed E-state index contributed by atoms with van der Waals surface area (Å²) in [6.07, 6.45) is 7.07. The lowest BCUT2D eigenvalue weighted by Gasteiger charge is -2.32. The Balaban J connectivity index is 1.62. The second kappa shape index (κ2) is 7.34. The van der Waals surface area contributed by atoms with Gasteiger partial charge in [0, 0.05) is 25.4 Å². The molecule has 0 unspecified atom stereocenters. The normalized spacial score (nSPS) is 16.3. The molecule has 1 fully saturated rings. The van der Waals surface area contributed by atoms with E-state index in [1.165, 1.54) is 12.7 Å². The van der Waals surface area contributed by atoms with Crippen molar-refractivity contribution in [3.8, 4) is 11.4 Å². The molecular weight excluding hydrogens is 329 g/mol. The highest BCUT2D eigenvalue weighted by Crippen LogP contribution is 2.38. The molecule has 9 heteroatoms. The van der Waals surface area contributed by atoms with E-state index < -0.39 is 7.60 Å². The quantitative estimate of drug-likeness (QED) is 0.785. The van der Waals surface area contributed by atoms with Crippen LogP contribution in [0.2, 0.25) is 0 Å². The third-order valence-corrected chi connectivity index (χ3v) is 5.10. The maximum atomic E-state index is 11.0. The number of hydrogen-bond acceptors (Lipinski definition) is 6. The number of hydrogen-bond donors (Lipinski definition) is 2. The van der Waals surface area contributed by atoms with E-state index in [0.717, 1.165) is 43.1 Å². The van der Waals surface area contributed by atoms with Crippen LogP contribution >= 0.6 is 7.60 Å². The number of aromatic nitrogens is 4. The van der Waals surface area contributed by atoms with Crippen LogP contribution < -0.4 is 4.90 Å². The Morgan fingerprint density at radius 2 is 1.88 bits per heavy atom. The Labute approximate surface area is 140 Å². The first-order valence-corrected chi connectivity index (χ1v) is 9.69. The number of anilines is 1. The van der Waals surface area contributed by atoms with Gasteiger partial charge in [-0.3, -0.25) is 4.57 Å². The van der Waals surface area contributed by atoms with Crippen molar-refractivity contribution < 1.29 is 14.4 Å². The fraction of sp³-hybridized carbons (Fsp3) is 0.467. The van der Waals surface area contributed by atoms with Gasteiger partial charge in [0.05, 0.1) is 17.5 Å². The van der Waals surface area contributed by atoms with E-state index >= 15 is 0 Å². The second-order valence-corrected chi connectivity index (χ2v) is 7.74. The lowest BCUT2D eigenvalue weighted by molar-refractivity contribution is 0.350. The Morgan fingerprint density at radius 3 is 2.54 bits per heavy atom. The largest absolute Gasteiger partial charge is 0.356 e. The predicted octanol–water partition coefficient (Wildman–Crippen LogP) is 1.72. The molecule has 2 N–H and O–H groups in total. The van der Waals surface area contributed by atoms with Crippen molar-refractivity contribution >= 4 is 13.4 Å². The highest BCUT2D eigenvalue weighted by molar-refractivity contribution is 7.51. The van der Waals surface area contributed by atoms with Gasteiger partial charge < -0.3 is 14.7 Å². The molecule has 0 radical (unpaired) electrons. The van der Waals surface area contributed by atoms with E-state index in [9.17, 15) is 4.57 Å². The van der Waals surface area contributed by atoms with Gasteiger partial charge >= 0.3 is 7.60 Å². The summed E-state index contributed by atoms with van der Waals surface area (Å²) >= 11 is 0. The fourth-order valence-corrected chi connectivity index (χ4v) is 3.61. The van der Waals surface area contributed by atoms with Crippen LogP contribution in [0.25, 0.3) is 11.4 Å². The zero-order valence-corrected chi connectivity index (χ0v) is 14.1. The molecule has 3 heterocycles. The molecule has 0 spiro atoms. The van der Waals surface area contributed by atoms with Crippen molar-refractivity contribution in [3.05, 3.63) is 31.0 Å². The molecule has 3 rings (SSSR count). The van der Waals surface area contributed by atoms with Crippen molar-refractivity contribution in [3.63, 3.8) is 0 Å². The van der Waals surface area contributed by atoms with Gasteiger partial charge in [-0.15, -0.1) is 0 Å². The van der Waals surface area contributed by atoms with Crippen LogP contribution in [0, 0.1) is 5.92 Å². The second-order valence-electron chi connectivity index (χ2n) is 5.96. The Hall–Kier alpha value is -1.89. The Kier molecular flexibility index (Phi) is 5.18. The van der Waals surface area contributed by atoms with E-state index in [0.29, 0.717) is 12.3 Å². The zero-order valence-electron chi connectivity index (χ0n) is 13.2.